The van der Waals surface area contributed by atoms with E-state index in [0.29, 0.717) is 23.4 Å². The summed E-state index contributed by atoms with van der Waals surface area (Å²) in [4.78, 5) is 28.3. The number of ether oxygens (including phenoxy) is 1. The number of rotatable bonds is 8. The van der Waals surface area contributed by atoms with Gasteiger partial charge in [0.2, 0.25) is 0 Å². The average molecular weight is 499 g/mol. The number of likely N-dealkylation sites (tertiary alicyclic amines) is 1. The van der Waals surface area contributed by atoms with E-state index in [2.05, 4.69) is 20.9 Å². The Balaban J connectivity index is 1.26. The van der Waals surface area contributed by atoms with Gasteiger partial charge in [0.15, 0.2) is 0 Å². The minimum Gasteiger partial charge on any atom is -0.496 e. The number of benzene rings is 3. The Morgan fingerprint density at radius 1 is 0.946 bits per heavy atom. The maximum absolute atomic E-state index is 13.1. The van der Waals surface area contributed by atoms with Gasteiger partial charge in [-0.05, 0) is 73.5 Å². The molecule has 0 saturated carbocycles. The lowest BCUT2D eigenvalue weighted by molar-refractivity contribution is 0.0966. The maximum Gasteiger partial charge on any atom is 0.255 e. The summed E-state index contributed by atoms with van der Waals surface area (Å²) < 4.78 is 5.53. The molecule has 3 N–H and O–H groups in total. The lowest BCUT2D eigenvalue weighted by Gasteiger charge is -2.20. The molecule has 0 aromatic heterocycles. The molecular weight excluding hydrogens is 464 g/mol. The maximum atomic E-state index is 13.1. The summed E-state index contributed by atoms with van der Waals surface area (Å²) in [6.07, 6.45) is 5.26. The molecule has 0 radical (unpaired) electrons. The lowest BCUT2D eigenvalue weighted by Crippen LogP contribution is -2.29. The van der Waals surface area contributed by atoms with Gasteiger partial charge in [-0.2, -0.15) is 0 Å². The molecule has 2 heterocycles. The fraction of sp³-hybridized carbons (Fsp3) is 0.333. The van der Waals surface area contributed by atoms with E-state index in [1.54, 1.807) is 13.2 Å². The van der Waals surface area contributed by atoms with Gasteiger partial charge in [0.05, 0.1) is 18.4 Å². The zero-order chi connectivity index (χ0) is 25.6. The van der Waals surface area contributed by atoms with E-state index < -0.39 is 0 Å². The summed E-state index contributed by atoms with van der Waals surface area (Å²) in [6.45, 7) is 4.68. The SMILES string of the molecule is COc1ccccc1-c1ccc(NC(=O)c2ccc(NCCN3CCCCCC3)cc2)c2c1CNC2=O. The van der Waals surface area contributed by atoms with Gasteiger partial charge < -0.3 is 25.6 Å². The fourth-order valence-electron chi connectivity index (χ4n) is 5.22. The molecule has 2 aliphatic rings. The summed E-state index contributed by atoms with van der Waals surface area (Å²) in [7, 11) is 1.63. The van der Waals surface area contributed by atoms with Crippen molar-refractivity contribution in [2.24, 2.45) is 0 Å². The van der Waals surface area contributed by atoms with Crippen molar-refractivity contribution in [2.45, 2.75) is 32.2 Å². The molecule has 1 fully saturated rings. The molecule has 192 valence electrons. The first-order valence-corrected chi connectivity index (χ1v) is 13.1. The number of nitrogens with one attached hydrogen (secondary N) is 3. The van der Waals surface area contributed by atoms with Crippen molar-refractivity contribution in [3.05, 3.63) is 77.4 Å². The van der Waals surface area contributed by atoms with Gasteiger partial charge in [0.1, 0.15) is 5.75 Å². The molecule has 0 unspecified atom stereocenters. The third-order valence-corrected chi connectivity index (χ3v) is 7.21. The molecule has 2 amide bonds. The van der Waals surface area contributed by atoms with Crippen LogP contribution in [-0.4, -0.2) is 50.0 Å². The van der Waals surface area contributed by atoms with E-state index in [0.717, 1.165) is 41.2 Å². The molecular formula is C30H34N4O3. The molecule has 0 bridgehead atoms. The fourth-order valence-corrected chi connectivity index (χ4v) is 5.22. The predicted octanol–water partition coefficient (Wildman–Crippen LogP) is 5.15. The molecule has 37 heavy (non-hydrogen) atoms. The number of methoxy groups -OCH3 is 1. The highest BCUT2D eigenvalue weighted by molar-refractivity contribution is 6.11. The van der Waals surface area contributed by atoms with Crippen LogP contribution in [-0.2, 0) is 6.54 Å². The highest BCUT2D eigenvalue weighted by Gasteiger charge is 2.27. The van der Waals surface area contributed by atoms with E-state index in [9.17, 15) is 9.59 Å². The predicted molar refractivity (Wildman–Crippen MR) is 147 cm³/mol. The minimum atomic E-state index is -0.247. The minimum absolute atomic E-state index is 0.189. The quantitative estimate of drug-likeness (QED) is 0.400. The van der Waals surface area contributed by atoms with Crippen LogP contribution in [0.3, 0.4) is 0 Å². The number of para-hydroxylation sites is 1. The molecule has 3 aromatic rings. The average Bonchev–Trinajstić information content (AvgIpc) is 3.14. The molecule has 7 heteroatoms. The lowest BCUT2D eigenvalue weighted by atomic mass is 9.95. The molecule has 0 atom stereocenters. The second-order valence-corrected chi connectivity index (χ2v) is 9.61. The second kappa shape index (κ2) is 11.5. The highest BCUT2D eigenvalue weighted by atomic mass is 16.5. The first-order valence-electron chi connectivity index (χ1n) is 13.1. The zero-order valence-electron chi connectivity index (χ0n) is 21.3. The van der Waals surface area contributed by atoms with Crippen molar-refractivity contribution < 1.29 is 14.3 Å². The van der Waals surface area contributed by atoms with Crippen LogP contribution in [0.2, 0.25) is 0 Å². The zero-order valence-corrected chi connectivity index (χ0v) is 21.3. The van der Waals surface area contributed by atoms with Crippen LogP contribution in [0.25, 0.3) is 11.1 Å². The monoisotopic (exact) mass is 498 g/mol. The number of hydrogen-bond acceptors (Lipinski definition) is 5. The molecule has 5 rings (SSSR count). The van der Waals surface area contributed by atoms with Crippen LogP contribution in [0.5, 0.6) is 5.75 Å². The summed E-state index contributed by atoms with van der Waals surface area (Å²) in [5.41, 5.74) is 5.23. The number of anilines is 2. The number of carbonyl (C=O) groups excluding carboxylic acids is 2. The van der Waals surface area contributed by atoms with E-state index in [-0.39, 0.29) is 11.8 Å². The van der Waals surface area contributed by atoms with Gasteiger partial charge in [-0.3, -0.25) is 9.59 Å². The Morgan fingerprint density at radius 2 is 1.70 bits per heavy atom. The van der Waals surface area contributed by atoms with Crippen molar-refractivity contribution in [3.63, 3.8) is 0 Å². The van der Waals surface area contributed by atoms with Gasteiger partial charge in [-0.25, -0.2) is 0 Å². The standard InChI is InChI=1S/C30H34N4O3/c1-37-27-9-5-4-8-24(27)23-14-15-26(28-25(23)20-32-30(28)36)33-29(35)21-10-12-22(13-11-21)31-16-19-34-17-6-2-3-7-18-34/h4-5,8-15,31H,2-3,6-7,16-20H2,1H3,(H,32,36)(H,33,35). The topological polar surface area (TPSA) is 82.7 Å². The number of hydrogen-bond donors (Lipinski definition) is 3. The first-order chi connectivity index (χ1) is 18.1. The third kappa shape index (κ3) is 5.62. The van der Waals surface area contributed by atoms with Crippen molar-refractivity contribution >= 4 is 23.2 Å². The van der Waals surface area contributed by atoms with Gasteiger partial charge in [0, 0.05) is 36.4 Å². The number of carbonyl (C=O) groups is 2. The van der Waals surface area contributed by atoms with Gasteiger partial charge in [-0.15, -0.1) is 0 Å². The molecule has 3 aromatic carbocycles. The van der Waals surface area contributed by atoms with Crippen LogP contribution < -0.4 is 20.7 Å². The van der Waals surface area contributed by atoms with Crippen LogP contribution in [0, 0.1) is 0 Å². The normalized spacial score (nSPS) is 15.4. The largest absolute Gasteiger partial charge is 0.496 e. The molecule has 2 aliphatic heterocycles. The molecule has 1 saturated heterocycles. The van der Waals surface area contributed by atoms with Crippen LogP contribution >= 0.6 is 0 Å². The Hall–Kier alpha value is -3.84. The Bertz CT molecular complexity index is 1260. The Morgan fingerprint density at radius 3 is 2.46 bits per heavy atom. The van der Waals surface area contributed by atoms with Crippen molar-refractivity contribution in [1.29, 1.82) is 0 Å². The molecule has 0 spiro atoms. The number of nitrogens with zero attached hydrogens (tertiary/aromatic N) is 1. The first kappa shape index (κ1) is 24.8. The highest BCUT2D eigenvalue weighted by Crippen LogP contribution is 2.38. The smallest absolute Gasteiger partial charge is 0.255 e. The van der Waals surface area contributed by atoms with Gasteiger partial charge in [0.25, 0.3) is 11.8 Å². The van der Waals surface area contributed by atoms with E-state index in [1.807, 2.05) is 54.6 Å². The Labute approximate surface area is 218 Å². The van der Waals surface area contributed by atoms with Gasteiger partial charge in [-0.1, -0.05) is 37.1 Å². The van der Waals surface area contributed by atoms with E-state index >= 15 is 0 Å². The number of amides is 2. The second-order valence-electron chi connectivity index (χ2n) is 9.61. The van der Waals surface area contributed by atoms with Crippen LogP contribution in [0.15, 0.2) is 60.7 Å². The van der Waals surface area contributed by atoms with Crippen molar-refractivity contribution in [1.82, 2.24) is 10.2 Å². The van der Waals surface area contributed by atoms with E-state index in [4.69, 9.17) is 4.74 Å². The van der Waals surface area contributed by atoms with Crippen LogP contribution in [0.1, 0.15) is 52.0 Å². The van der Waals surface area contributed by atoms with Crippen molar-refractivity contribution in [2.75, 3.05) is 43.9 Å². The van der Waals surface area contributed by atoms with E-state index in [1.165, 1.54) is 38.8 Å². The molecule has 7 nitrogen and oxygen atoms in total. The van der Waals surface area contributed by atoms with Crippen LogP contribution in [0.4, 0.5) is 11.4 Å². The third-order valence-electron chi connectivity index (χ3n) is 7.21. The van der Waals surface area contributed by atoms with Gasteiger partial charge >= 0.3 is 0 Å². The Kier molecular flexibility index (Phi) is 7.70. The molecule has 0 aliphatic carbocycles. The van der Waals surface area contributed by atoms with Crippen molar-refractivity contribution in [3.8, 4) is 16.9 Å². The summed E-state index contributed by atoms with van der Waals surface area (Å²) in [5.74, 6) is 0.301. The summed E-state index contributed by atoms with van der Waals surface area (Å²) in [5, 5.41) is 9.31. The summed E-state index contributed by atoms with van der Waals surface area (Å²) >= 11 is 0. The number of fused-ring (bicyclic) bond motifs is 1. The summed E-state index contributed by atoms with van der Waals surface area (Å²) in [6, 6.07) is 18.9.